The van der Waals surface area contributed by atoms with Crippen LogP contribution < -0.4 is 5.11 Å². The van der Waals surface area contributed by atoms with Crippen LogP contribution in [0.5, 0.6) is 0 Å². The van der Waals surface area contributed by atoms with Gasteiger partial charge in [0.1, 0.15) is 19.3 Å². The minimum absolute atomic E-state index is 0.171. The van der Waals surface area contributed by atoms with Crippen LogP contribution in [0.4, 0.5) is 0 Å². The molecule has 2 atom stereocenters. The van der Waals surface area contributed by atoms with Crippen LogP contribution in [0, 0.1) is 0 Å². The first-order chi connectivity index (χ1) is 23.2. The van der Waals surface area contributed by atoms with Gasteiger partial charge in [-0.2, -0.15) is 0 Å². The molecule has 0 aromatic carbocycles. The van der Waals surface area contributed by atoms with Crippen LogP contribution in [0.25, 0.3) is 0 Å². The van der Waals surface area contributed by atoms with Gasteiger partial charge in [-0.05, 0) is 38.5 Å². The molecule has 0 amide bonds. The molecule has 0 spiro atoms. The lowest BCUT2D eigenvalue weighted by atomic mass is 10.0. The molecular formula is C40H75NO7. The van der Waals surface area contributed by atoms with Crippen LogP contribution in [0.3, 0.4) is 0 Å². The average Bonchev–Trinajstić information content (AvgIpc) is 3.04. The smallest absolute Gasteiger partial charge is 0.305 e. The molecule has 0 aliphatic carbocycles. The summed E-state index contributed by atoms with van der Waals surface area (Å²) in [5, 5.41) is 21.2. The van der Waals surface area contributed by atoms with E-state index in [0.717, 1.165) is 25.7 Å². The third-order valence-electron chi connectivity index (χ3n) is 8.43. The number of carboxylic acids is 1. The minimum Gasteiger partial charge on any atom is -0.545 e. The fraction of sp³-hybridized carbons (Fsp3) is 0.850. The molecule has 0 saturated heterocycles. The molecule has 0 aliphatic heterocycles. The number of aliphatic hydroxyl groups is 1. The van der Waals surface area contributed by atoms with Gasteiger partial charge in [-0.25, -0.2) is 0 Å². The molecule has 2 unspecified atom stereocenters. The molecule has 8 nitrogen and oxygen atoms in total. The normalized spacial score (nSPS) is 13.4. The quantitative estimate of drug-likeness (QED) is 0.0234. The molecule has 0 bridgehead atoms. The van der Waals surface area contributed by atoms with E-state index in [0.29, 0.717) is 17.4 Å². The molecule has 0 aromatic heterocycles. The number of carbonyl (C=O) groups is 2. The second kappa shape index (κ2) is 33.7. The fourth-order valence-corrected chi connectivity index (χ4v) is 5.33. The zero-order chi connectivity index (χ0) is 35.6. The van der Waals surface area contributed by atoms with Gasteiger partial charge in [0, 0.05) is 6.42 Å². The van der Waals surface area contributed by atoms with Crippen molar-refractivity contribution in [3.05, 3.63) is 24.3 Å². The largest absolute Gasteiger partial charge is 0.545 e. The standard InChI is InChI=1S/C40H75NO7/c1-5-6-7-8-9-10-11-12-13-14-15-16-17-18-19-20-21-22-23-24-25-26-27-28-29-30-31-32-38(43)47-35-37(42)36-48-40(39(44)45)46-34-33-41(2,3)4/h11-12,14-15,37,40,42H,5-10,13,16-36H2,1-4H3/b12-11-,15-14-. The number of aliphatic hydroxyl groups excluding tert-OH is 1. The SMILES string of the molecule is CCCCCCC/C=C\C/C=C\CCCCCCCCCCCCCCCCCC(=O)OCC(O)COC(OCC[N+](C)(C)C)C(=O)[O-]. The number of likely N-dealkylation sites (N-methyl/N-ethyl adjacent to an activating group) is 1. The Morgan fingerprint density at radius 2 is 1.10 bits per heavy atom. The maximum absolute atomic E-state index is 12.0. The monoisotopic (exact) mass is 682 g/mol. The van der Waals surface area contributed by atoms with Gasteiger partial charge in [0.2, 0.25) is 0 Å². The molecule has 0 radical (unpaired) electrons. The number of ether oxygens (including phenoxy) is 3. The van der Waals surface area contributed by atoms with Crippen LogP contribution >= 0.6 is 0 Å². The number of aliphatic carboxylic acids is 1. The molecule has 0 heterocycles. The predicted octanol–water partition coefficient (Wildman–Crippen LogP) is 8.20. The van der Waals surface area contributed by atoms with Crippen LogP contribution in [-0.2, 0) is 23.8 Å². The van der Waals surface area contributed by atoms with E-state index in [4.69, 9.17) is 14.2 Å². The number of quaternary nitrogens is 1. The van der Waals surface area contributed by atoms with Crippen molar-refractivity contribution < 1.29 is 38.5 Å². The molecule has 48 heavy (non-hydrogen) atoms. The summed E-state index contributed by atoms with van der Waals surface area (Å²) in [6.07, 6.45) is 36.2. The predicted molar refractivity (Wildman–Crippen MR) is 195 cm³/mol. The summed E-state index contributed by atoms with van der Waals surface area (Å²) < 4.78 is 16.0. The molecule has 0 aromatic rings. The van der Waals surface area contributed by atoms with E-state index < -0.39 is 18.4 Å². The second-order valence-corrected chi connectivity index (χ2v) is 14.4. The zero-order valence-corrected chi connectivity index (χ0v) is 31.6. The van der Waals surface area contributed by atoms with E-state index in [2.05, 4.69) is 31.2 Å². The molecule has 1 N–H and O–H groups in total. The zero-order valence-electron chi connectivity index (χ0n) is 31.6. The molecule has 0 fully saturated rings. The number of carbonyl (C=O) groups excluding carboxylic acids is 2. The molecule has 0 rings (SSSR count). The number of hydrogen-bond acceptors (Lipinski definition) is 7. The summed E-state index contributed by atoms with van der Waals surface area (Å²) in [6.45, 7) is 2.46. The van der Waals surface area contributed by atoms with Crippen LogP contribution in [0.15, 0.2) is 24.3 Å². The highest BCUT2D eigenvalue weighted by Crippen LogP contribution is 2.14. The van der Waals surface area contributed by atoms with Crippen molar-refractivity contribution in [3.63, 3.8) is 0 Å². The summed E-state index contributed by atoms with van der Waals surface area (Å²) >= 11 is 0. The summed E-state index contributed by atoms with van der Waals surface area (Å²) in [6, 6.07) is 0. The van der Waals surface area contributed by atoms with E-state index in [1.165, 1.54) is 122 Å². The topological polar surface area (TPSA) is 105 Å². The van der Waals surface area contributed by atoms with Gasteiger partial charge in [-0.3, -0.25) is 4.79 Å². The Bertz CT molecular complexity index is 793. The first-order valence-corrected chi connectivity index (χ1v) is 19.5. The molecule has 282 valence electrons. The average molecular weight is 682 g/mol. The van der Waals surface area contributed by atoms with Crippen molar-refractivity contribution in [2.45, 2.75) is 173 Å². The Hall–Kier alpha value is -1.74. The lowest BCUT2D eigenvalue weighted by molar-refractivity contribution is -0.870. The number of hydrogen-bond donors (Lipinski definition) is 1. The highest BCUT2D eigenvalue weighted by Gasteiger charge is 2.17. The number of unbranched alkanes of at least 4 members (excludes halogenated alkanes) is 20. The Morgan fingerprint density at radius 3 is 1.56 bits per heavy atom. The van der Waals surface area contributed by atoms with Gasteiger partial charge in [-0.15, -0.1) is 0 Å². The van der Waals surface area contributed by atoms with Gasteiger partial charge in [0.15, 0.2) is 6.29 Å². The first kappa shape index (κ1) is 46.3. The molecule has 8 heteroatoms. The first-order valence-electron chi connectivity index (χ1n) is 19.5. The number of nitrogens with zero attached hydrogens (tertiary/aromatic N) is 1. The van der Waals surface area contributed by atoms with Crippen LogP contribution in [0.1, 0.15) is 161 Å². The van der Waals surface area contributed by atoms with Crippen molar-refractivity contribution in [2.75, 3.05) is 47.5 Å². The minimum atomic E-state index is -1.57. The Labute approximate surface area is 295 Å². The summed E-state index contributed by atoms with van der Waals surface area (Å²) in [5.41, 5.74) is 0. The van der Waals surface area contributed by atoms with Gasteiger partial charge in [0.05, 0.1) is 40.3 Å². The van der Waals surface area contributed by atoms with Crippen molar-refractivity contribution in [3.8, 4) is 0 Å². The number of allylic oxidation sites excluding steroid dienone is 4. The third kappa shape index (κ3) is 35.6. The highest BCUT2D eigenvalue weighted by molar-refractivity contribution is 5.69. The Kier molecular flexibility index (Phi) is 32.5. The van der Waals surface area contributed by atoms with Crippen molar-refractivity contribution in [2.24, 2.45) is 0 Å². The molecule has 0 saturated carbocycles. The Morgan fingerprint density at radius 1 is 0.646 bits per heavy atom. The summed E-state index contributed by atoms with van der Waals surface area (Å²) in [5.74, 6) is -1.87. The lowest BCUT2D eigenvalue weighted by Gasteiger charge is -2.26. The van der Waals surface area contributed by atoms with Crippen molar-refractivity contribution in [1.82, 2.24) is 0 Å². The van der Waals surface area contributed by atoms with E-state index in [1.807, 2.05) is 21.1 Å². The number of carboxylic acid groups (broad SMARTS) is 1. The summed E-state index contributed by atoms with van der Waals surface area (Å²) in [7, 11) is 5.87. The van der Waals surface area contributed by atoms with E-state index in [1.54, 1.807) is 0 Å². The lowest BCUT2D eigenvalue weighted by Crippen LogP contribution is -2.44. The van der Waals surface area contributed by atoms with Gasteiger partial charge < -0.3 is 33.7 Å². The second-order valence-electron chi connectivity index (χ2n) is 14.4. The summed E-state index contributed by atoms with van der Waals surface area (Å²) in [4.78, 5) is 23.1. The van der Waals surface area contributed by atoms with Crippen molar-refractivity contribution >= 4 is 11.9 Å². The number of rotatable bonds is 36. The van der Waals surface area contributed by atoms with E-state index in [9.17, 15) is 19.8 Å². The highest BCUT2D eigenvalue weighted by atomic mass is 16.7. The number of esters is 1. The fourth-order valence-electron chi connectivity index (χ4n) is 5.33. The Balaban J connectivity index is 3.45. The molecule has 0 aliphatic rings. The van der Waals surface area contributed by atoms with Crippen LogP contribution in [-0.4, -0.2) is 81.4 Å². The van der Waals surface area contributed by atoms with E-state index in [-0.39, 0.29) is 25.8 Å². The third-order valence-corrected chi connectivity index (χ3v) is 8.43. The van der Waals surface area contributed by atoms with Gasteiger partial charge in [0.25, 0.3) is 0 Å². The van der Waals surface area contributed by atoms with Crippen LogP contribution in [0.2, 0.25) is 0 Å². The maximum Gasteiger partial charge on any atom is 0.305 e. The molecular weight excluding hydrogens is 606 g/mol. The maximum atomic E-state index is 12.0. The van der Waals surface area contributed by atoms with Gasteiger partial charge in [-0.1, -0.05) is 140 Å². The van der Waals surface area contributed by atoms with E-state index >= 15 is 0 Å². The van der Waals surface area contributed by atoms with Crippen molar-refractivity contribution in [1.29, 1.82) is 0 Å². The van der Waals surface area contributed by atoms with Gasteiger partial charge >= 0.3 is 5.97 Å².